The van der Waals surface area contributed by atoms with Gasteiger partial charge in [-0.25, -0.2) is 0 Å². The summed E-state index contributed by atoms with van der Waals surface area (Å²) in [5.74, 6) is 0.315. The molecule has 0 aromatic carbocycles. The van der Waals surface area contributed by atoms with Crippen LogP contribution in [-0.4, -0.2) is 49.7 Å². The number of carbonyl (C=O) groups is 1. The number of thiophene rings is 1. The summed E-state index contributed by atoms with van der Waals surface area (Å²) >= 11 is 1.73. The number of nitrogens with zero attached hydrogens (tertiary/aromatic N) is 2. The van der Waals surface area contributed by atoms with E-state index in [1.807, 2.05) is 4.90 Å². The highest BCUT2D eigenvalue weighted by atomic mass is 32.1. The SMILES string of the molecule is Cc1ccc(N2C[C@]3(CCN(C4CCOCC4)C3)CC2=O)s1. The monoisotopic (exact) mass is 320 g/mol. The van der Waals surface area contributed by atoms with Crippen LogP contribution < -0.4 is 4.90 Å². The van der Waals surface area contributed by atoms with Crippen molar-refractivity contribution in [2.75, 3.05) is 37.7 Å². The average Bonchev–Trinajstić information content (AvgIpc) is 3.20. The molecular weight excluding hydrogens is 296 g/mol. The third-order valence-electron chi connectivity index (χ3n) is 5.49. The van der Waals surface area contributed by atoms with Gasteiger partial charge < -0.3 is 9.64 Å². The molecule has 1 amide bonds. The van der Waals surface area contributed by atoms with Gasteiger partial charge in [0.1, 0.15) is 0 Å². The number of ether oxygens (including phenoxy) is 1. The Bertz CT molecular complexity index is 567. The Morgan fingerprint density at radius 2 is 2.09 bits per heavy atom. The number of aryl methyl sites for hydroxylation is 1. The zero-order valence-corrected chi connectivity index (χ0v) is 14.0. The van der Waals surface area contributed by atoms with Crippen molar-refractivity contribution < 1.29 is 9.53 Å². The molecule has 4 nitrogen and oxygen atoms in total. The van der Waals surface area contributed by atoms with Crippen molar-refractivity contribution in [1.29, 1.82) is 0 Å². The highest BCUT2D eigenvalue weighted by Crippen LogP contribution is 2.44. The molecule has 0 unspecified atom stereocenters. The van der Waals surface area contributed by atoms with Gasteiger partial charge in [-0.15, -0.1) is 11.3 Å². The molecule has 0 bridgehead atoms. The Hall–Kier alpha value is -0.910. The minimum Gasteiger partial charge on any atom is -0.381 e. The molecule has 0 aliphatic carbocycles. The van der Waals surface area contributed by atoms with Crippen LogP contribution in [0.5, 0.6) is 0 Å². The van der Waals surface area contributed by atoms with E-state index in [-0.39, 0.29) is 5.41 Å². The van der Waals surface area contributed by atoms with Gasteiger partial charge in [-0.2, -0.15) is 0 Å². The fourth-order valence-electron chi connectivity index (χ4n) is 4.27. The molecule has 1 aromatic rings. The van der Waals surface area contributed by atoms with E-state index in [0.29, 0.717) is 11.9 Å². The van der Waals surface area contributed by atoms with Crippen LogP contribution in [0.25, 0.3) is 0 Å². The highest BCUT2D eigenvalue weighted by molar-refractivity contribution is 7.16. The molecule has 1 aromatic heterocycles. The average molecular weight is 320 g/mol. The third-order valence-corrected chi connectivity index (χ3v) is 6.51. The van der Waals surface area contributed by atoms with E-state index < -0.39 is 0 Å². The lowest BCUT2D eigenvalue weighted by atomic mass is 9.86. The maximum absolute atomic E-state index is 12.5. The summed E-state index contributed by atoms with van der Waals surface area (Å²) in [6.07, 6.45) is 4.19. The van der Waals surface area contributed by atoms with Gasteiger partial charge in [0.15, 0.2) is 0 Å². The summed E-state index contributed by atoms with van der Waals surface area (Å²) in [6, 6.07) is 4.88. The summed E-state index contributed by atoms with van der Waals surface area (Å²) in [7, 11) is 0. The van der Waals surface area contributed by atoms with Gasteiger partial charge in [-0.1, -0.05) is 0 Å². The van der Waals surface area contributed by atoms with Crippen molar-refractivity contribution >= 4 is 22.2 Å². The summed E-state index contributed by atoms with van der Waals surface area (Å²) in [5, 5.41) is 1.13. The molecule has 0 N–H and O–H groups in total. The molecule has 3 aliphatic rings. The lowest BCUT2D eigenvalue weighted by Gasteiger charge is -2.32. The van der Waals surface area contributed by atoms with Gasteiger partial charge in [-0.3, -0.25) is 9.69 Å². The van der Waals surface area contributed by atoms with Crippen LogP contribution in [0.15, 0.2) is 12.1 Å². The smallest absolute Gasteiger partial charge is 0.228 e. The topological polar surface area (TPSA) is 32.8 Å². The van der Waals surface area contributed by atoms with Gasteiger partial charge in [0.05, 0.1) is 5.00 Å². The van der Waals surface area contributed by atoms with Crippen LogP contribution in [0.3, 0.4) is 0 Å². The number of rotatable bonds is 2. The Balaban J connectivity index is 1.46. The van der Waals surface area contributed by atoms with Crippen molar-refractivity contribution in [3.05, 3.63) is 17.0 Å². The van der Waals surface area contributed by atoms with Crippen LogP contribution in [0.1, 0.15) is 30.6 Å². The molecule has 120 valence electrons. The second-order valence-electron chi connectivity index (χ2n) is 7.10. The number of amides is 1. The molecule has 0 radical (unpaired) electrons. The standard InChI is InChI=1S/C17H24N2O2S/c1-13-2-3-16(22-13)19-12-17(10-15(19)20)6-7-18(11-17)14-4-8-21-9-5-14/h2-3,14H,4-12H2,1H3/t17-/m1/s1. The molecule has 1 atom stereocenters. The molecule has 4 rings (SSSR count). The summed E-state index contributed by atoms with van der Waals surface area (Å²) in [4.78, 5) is 18.5. The van der Waals surface area contributed by atoms with E-state index in [9.17, 15) is 4.79 Å². The van der Waals surface area contributed by atoms with E-state index in [1.54, 1.807) is 11.3 Å². The second-order valence-corrected chi connectivity index (χ2v) is 8.37. The number of anilines is 1. The number of likely N-dealkylation sites (tertiary alicyclic amines) is 1. The molecule has 22 heavy (non-hydrogen) atoms. The van der Waals surface area contributed by atoms with Crippen LogP contribution in [0.4, 0.5) is 5.00 Å². The summed E-state index contributed by atoms with van der Waals surface area (Å²) < 4.78 is 5.48. The van der Waals surface area contributed by atoms with E-state index in [4.69, 9.17) is 4.74 Å². The number of carbonyl (C=O) groups excluding carboxylic acids is 1. The first-order valence-electron chi connectivity index (χ1n) is 8.34. The fourth-order valence-corrected chi connectivity index (χ4v) is 5.15. The van der Waals surface area contributed by atoms with Crippen LogP contribution in [0, 0.1) is 12.3 Å². The van der Waals surface area contributed by atoms with Crippen molar-refractivity contribution in [3.63, 3.8) is 0 Å². The summed E-state index contributed by atoms with van der Waals surface area (Å²) in [6.45, 7) is 7.04. The third kappa shape index (κ3) is 2.59. The molecule has 0 saturated carbocycles. The highest BCUT2D eigenvalue weighted by Gasteiger charge is 2.49. The van der Waals surface area contributed by atoms with E-state index in [0.717, 1.165) is 63.5 Å². The maximum Gasteiger partial charge on any atom is 0.228 e. The van der Waals surface area contributed by atoms with Crippen molar-refractivity contribution in [2.45, 2.75) is 38.6 Å². The first-order valence-corrected chi connectivity index (χ1v) is 9.16. The van der Waals surface area contributed by atoms with Crippen LogP contribution in [-0.2, 0) is 9.53 Å². The normalized spacial score (nSPS) is 30.8. The largest absolute Gasteiger partial charge is 0.381 e. The number of hydrogen-bond donors (Lipinski definition) is 0. The predicted octanol–water partition coefficient (Wildman–Crippen LogP) is 2.66. The number of hydrogen-bond acceptors (Lipinski definition) is 4. The Labute approximate surface area is 136 Å². The van der Waals surface area contributed by atoms with Crippen LogP contribution in [0.2, 0.25) is 0 Å². The quantitative estimate of drug-likeness (QED) is 0.840. The summed E-state index contributed by atoms with van der Waals surface area (Å²) in [5.41, 5.74) is 0.188. The molecule has 3 fully saturated rings. The Kier molecular flexibility index (Phi) is 3.75. The first-order chi connectivity index (χ1) is 10.7. The molecular formula is C17H24N2O2S. The lowest BCUT2D eigenvalue weighted by Crippen LogP contribution is -2.40. The predicted molar refractivity (Wildman–Crippen MR) is 88.5 cm³/mol. The molecule has 4 heterocycles. The minimum atomic E-state index is 0.188. The minimum absolute atomic E-state index is 0.188. The molecule has 3 aliphatic heterocycles. The van der Waals surface area contributed by atoms with E-state index in [1.165, 1.54) is 4.88 Å². The Morgan fingerprint density at radius 1 is 1.27 bits per heavy atom. The van der Waals surface area contributed by atoms with Gasteiger partial charge in [0.25, 0.3) is 0 Å². The van der Waals surface area contributed by atoms with Gasteiger partial charge in [0.2, 0.25) is 5.91 Å². The van der Waals surface area contributed by atoms with Gasteiger partial charge in [-0.05, 0) is 44.9 Å². The zero-order chi connectivity index (χ0) is 15.2. The second kappa shape index (κ2) is 5.62. The van der Waals surface area contributed by atoms with Gasteiger partial charge in [0, 0.05) is 49.1 Å². The van der Waals surface area contributed by atoms with Crippen molar-refractivity contribution in [3.8, 4) is 0 Å². The molecule has 3 saturated heterocycles. The lowest BCUT2D eigenvalue weighted by molar-refractivity contribution is -0.117. The van der Waals surface area contributed by atoms with E-state index in [2.05, 4.69) is 24.0 Å². The maximum atomic E-state index is 12.5. The molecule has 1 spiro atoms. The molecule has 5 heteroatoms. The van der Waals surface area contributed by atoms with Crippen LogP contribution >= 0.6 is 11.3 Å². The van der Waals surface area contributed by atoms with E-state index >= 15 is 0 Å². The van der Waals surface area contributed by atoms with Crippen molar-refractivity contribution in [1.82, 2.24) is 4.90 Å². The first kappa shape index (κ1) is 14.7. The van der Waals surface area contributed by atoms with Gasteiger partial charge >= 0.3 is 0 Å². The Morgan fingerprint density at radius 3 is 2.82 bits per heavy atom. The zero-order valence-electron chi connectivity index (χ0n) is 13.2. The van der Waals surface area contributed by atoms with Crippen molar-refractivity contribution in [2.24, 2.45) is 5.41 Å². The fraction of sp³-hybridized carbons (Fsp3) is 0.706.